The van der Waals surface area contributed by atoms with Crippen LogP contribution in [0, 0.1) is 12.3 Å². The van der Waals surface area contributed by atoms with Crippen LogP contribution in [0.5, 0.6) is 0 Å². The molecule has 4 nitrogen and oxygen atoms in total. The summed E-state index contributed by atoms with van der Waals surface area (Å²) in [7, 11) is 0. The first-order valence-electron chi connectivity index (χ1n) is 7.55. The van der Waals surface area contributed by atoms with E-state index in [4.69, 9.17) is 0 Å². The minimum absolute atomic E-state index is 0.0699. The van der Waals surface area contributed by atoms with Gasteiger partial charge in [0.1, 0.15) is 0 Å². The maximum Gasteiger partial charge on any atom is 0.255 e. The molecule has 0 heterocycles. The molecular formula is C19H22N2O2. The number of anilines is 2. The van der Waals surface area contributed by atoms with Crippen LogP contribution in [0.25, 0.3) is 0 Å². The van der Waals surface area contributed by atoms with E-state index in [1.54, 1.807) is 36.4 Å². The summed E-state index contributed by atoms with van der Waals surface area (Å²) in [6, 6.07) is 14.5. The SMILES string of the molecule is Cc1ccc(C(=O)Nc2cccc(NC(=O)C(C)(C)C)c2)cc1. The van der Waals surface area contributed by atoms with Crippen LogP contribution >= 0.6 is 0 Å². The van der Waals surface area contributed by atoms with Crippen molar-refractivity contribution in [3.05, 3.63) is 59.7 Å². The van der Waals surface area contributed by atoms with Gasteiger partial charge in [-0.3, -0.25) is 9.59 Å². The summed E-state index contributed by atoms with van der Waals surface area (Å²) >= 11 is 0. The first kappa shape index (κ1) is 16.7. The minimum atomic E-state index is -0.471. The lowest BCUT2D eigenvalue weighted by Crippen LogP contribution is -2.27. The largest absolute Gasteiger partial charge is 0.326 e. The molecule has 0 saturated heterocycles. The molecule has 0 spiro atoms. The van der Waals surface area contributed by atoms with Crippen molar-refractivity contribution in [1.29, 1.82) is 0 Å². The van der Waals surface area contributed by atoms with E-state index in [0.717, 1.165) is 5.56 Å². The average Bonchev–Trinajstić information content (AvgIpc) is 2.47. The Kier molecular flexibility index (Phi) is 4.84. The highest BCUT2D eigenvalue weighted by molar-refractivity contribution is 6.04. The van der Waals surface area contributed by atoms with E-state index in [0.29, 0.717) is 16.9 Å². The summed E-state index contributed by atoms with van der Waals surface area (Å²) in [6.07, 6.45) is 0. The molecule has 0 radical (unpaired) electrons. The Hall–Kier alpha value is -2.62. The Balaban J connectivity index is 2.09. The molecule has 0 unspecified atom stereocenters. The molecule has 0 aromatic heterocycles. The number of carbonyl (C=O) groups is 2. The summed E-state index contributed by atoms with van der Waals surface area (Å²) in [5, 5.41) is 5.69. The van der Waals surface area contributed by atoms with Crippen molar-refractivity contribution in [3.8, 4) is 0 Å². The quantitative estimate of drug-likeness (QED) is 0.891. The molecule has 0 aliphatic heterocycles. The van der Waals surface area contributed by atoms with Gasteiger partial charge in [-0.2, -0.15) is 0 Å². The van der Waals surface area contributed by atoms with Crippen LogP contribution in [0.1, 0.15) is 36.7 Å². The molecule has 0 fully saturated rings. The van der Waals surface area contributed by atoms with E-state index < -0.39 is 5.41 Å². The highest BCUT2D eigenvalue weighted by atomic mass is 16.2. The fourth-order valence-corrected chi connectivity index (χ4v) is 1.90. The molecule has 23 heavy (non-hydrogen) atoms. The molecule has 0 saturated carbocycles. The number of carbonyl (C=O) groups excluding carboxylic acids is 2. The third kappa shape index (κ3) is 4.68. The zero-order chi connectivity index (χ0) is 17.0. The Labute approximate surface area is 136 Å². The number of amides is 2. The highest BCUT2D eigenvalue weighted by Gasteiger charge is 2.21. The Morgan fingerprint density at radius 1 is 0.870 bits per heavy atom. The van der Waals surface area contributed by atoms with E-state index in [-0.39, 0.29) is 11.8 Å². The van der Waals surface area contributed by atoms with Crippen molar-refractivity contribution in [2.75, 3.05) is 10.6 Å². The zero-order valence-corrected chi connectivity index (χ0v) is 13.9. The summed E-state index contributed by atoms with van der Waals surface area (Å²) in [4.78, 5) is 24.2. The molecule has 0 bridgehead atoms. The van der Waals surface area contributed by atoms with Crippen LogP contribution in [-0.4, -0.2) is 11.8 Å². The van der Waals surface area contributed by atoms with Crippen molar-refractivity contribution in [3.63, 3.8) is 0 Å². The van der Waals surface area contributed by atoms with Crippen LogP contribution in [-0.2, 0) is 4.79 Å². The summed E-state index contributed by atoms with van der Waals surface area (Å²) in [6.45, 7) is 7.53. The van der Waals surface area contributed by atoms with Crippen molar-refractivity contribution < 1.29 is 9.59 Å². The van der Waals surface area contributed by atoms with Gasteiger partial charge in [0, 0.05) is 22.4 Å². The van der Waals surface area contributed by atoms with Crippen LogP contribution in [0.2, 0.25) is 0 Å². The van der Waals surface area contributed by atoms with E-state index in [1.165, 1.54) is 0 Å². The topological polar surface area (TPSA) is 58.2 Å². The van der Waals surface area contributed by atoms with Gasteiger partial charge in [-0.05, 0) is 37.3 Å². The van der Waals surface area contributed by atoms with E-state index in [9.17, 15) is 9.59 Å². The predicted molar refractivity (Wildman–Crippen MR) is 93.7 cm³/mol. The van der Waals surface area contributed by atoms with Gasteiger partial charge in [0.05, 0.1) is 0 Å². The molecule has 2 amide bonds. The average molecular weight is 310 g/mol. The standard InChI is InChI=1S/C19H22N2O2/c1-13-8-10-14(11-9-13)17(22)20-15-6-5-7-16(12-15)21-18(23)19(2,3)4/h5-12H,1-4H3,(H,20,22)(H,21,23). The highest BCUT2D eigenvalue weighted by Crippen LogP contribution is 2.20. The predicted octanol–water partition coefficient (Wildman–Crippen LogP) is 4.23. The Bertz CT molecular complexity index is 713. The third-order valence-electron chi connectivity index (χ3n) is 3.37. The monoisotopic (exact) mass is 310 g/mol. The molecule has 0 aliphatic rings. The number of benzene rings is 2. The summed E-state index contributed by atoms with van der Waals surface area (Å²) < 4.78 is 0. The normalized spacial score (nSPS) is 11.0. The van der Waals surface area contributed by atoms with Crippen molar-refractivity contribution in [1.82, 2.24) is 0 Å². The number of rotatable bonds is 3. The van der Waals surface area contributed by atoms with Gasteiger partial charge in [0.15, 0.2) is 0 Å². The smallest absolute Gasteiger partial charge is 0.255 e. The second-order valence-corrected chi connectivity index (χ2v) is 6.61. The molecule has 0 aliphatic carbocycles. The zero-order valence-electron chi connectivity index (χ0n) is 13.9. The summed E-state index contributed by atoms with van der Waals surface area (Å²) in [5.74, 6) is -0.246. The molecule has 120 valence electrons. The summed E-state index contributed by atoms with van der Waals surface area (Å²) in [5.41, 5.74) is 2.53. The second-order valence-electron chi connectivity index (χ2n) is 6.61. The van der Waals surface area contributed by atoms with Gasteiger partial charge in [-0.1, -0.05) is 44.5 Å². The second kappa shape index (κ2) is 6.65. The van der Waals surface area contributed by atoms with E-state index in [2.05, 4.69) is 10.6 Å². The van der Waals surface area contributed by atoms with Crippen molar-refractivity contribution in [2.45, 2.75) is 27.7 Å². The number of hydrogen-bond donors (Lipinski definition) is 2. The number of aryl methyl sites for hydroxylation is 1. The third-order valence-corrected chi connectivity index (χ3v) is 3.37. The van der Waals surface area contributed by atoms with Gasteiger partial charge >= 0.3 is 0 Å². The van der Waals surface area contributed by atoms with Gasteiger partial charge in [-0.15, -0.1) is 0 Å². The van der Waals surface area contributed by atoms with Crippen LogP contribution in [0.3, 0.4) is 0 Å². The molecule has 2 aromatic carbocycles. The molecule has 0 atom stereocenters. The Morgan fingerprint density at radius 2 is 1.43 bits per heavy atom. The van der Waals surface area contributed by atoms with Gasteiger partial charge in [-0.25, -0.2) is 0 Å². The molecule has 2 rings (SSSR count). The maximum absolute atomic E-state index is 12.2. The van der Waals surface area contributed by atoms with Crippen molar-refractivity contribution >= 4 is 23.2 Å². The fraction of sp³-hybridized carbons (Fsp3) is 0.263. The van der Waals surface area contributed by atoms with Crippen molar-refractivity contribution in [2.24, 2.45) is 5.41 Å². The van der Waals surface area contributed by atoms with Crippen LogP contribution < -0.4 is 10.6 Å². The maximum atomic E-state index is 12.2. The van der Waals surface area contributed by atoms with Gasteiger partial charge < -0.3 is 10.6 Å². The van der Waals surface area contributed by atoms with Crippen LogP contribution in [0.4, 0.5) is 11.4 Å². The minimum Gasteiger partial charge on any atom is -0.326 e. The molecule has 4 heteroatoms. The first-order valence-corrected chi connectivity index (χ1v) is 7.55. The number of hydrogen-bond acceptors (Lipinski definition) is 2. The fourth-order valence-electron chi connectivity index (χ4n) is 1.90. The molecule has 2 aromatic rings. The number of nitrogens with one attached hydrogen (secondary N) is 2. The van der Waals surface area contributed by atoms with Crippen LogP contribution in [0.15, 0.2) is 48.5 Å². The Morgan fingerprint density at radius 3 is 2.00 bits per heavy atom. The lowest BCUT2D eigenvalue weighted by atomic mass is 9.95. The molecule has 2 N–H and O–H groups in total. The van der Waals surface area contributed by atoms with Gasteiger partial charge in [0.25, 0.3) is 5.91 Å². The molecular weight excluding hydrogens is 288 g/mol. The van der Waals surface area contributed by atoms with Gasteiger partial charge in [0.2, 0.25) is 5.91 Å². The van der Waals surface area contributed by atoms with E-state index in [1.807, 2.05) is 39.8 Å². The van der Waals surface area contributed by atoms with E-state index >= 15 is 0 Å². The lowest BCUT2D eigenvalue weighted by molar-refractivity contribution is -0.123. The lowest BCUT2D eigenvalue weighted by Gasteiger charge is -2.18. The first-order chi connectivity index (χ1) is 10.8.